The van der Waals surface area contributed by atoms with Crippen LogP contribution in [0.1, 0.15) is 30.3 Å². The smallest absolute Gasteiger partial charge is 0.270 e. The van der Waals surface area contributed by atoms with E-state index < -0.39 is 0 Å². The van der Waals surface area contributed by atoms with Crippen LogP contribution in [-0.2, 0) is 9.53 Å². The van der Waals surface area contributed by atoms with Crippen LogP contribution in [0.2, 0.25) is 0 Å². The number of nitrogens with zero attached hydrogens (tertiary/aromatic N) is 3. The number of hydrogen-bond donors (Lipinski definition) is 1. The number of amides is 2. The topological polar surface area (TPSA) is 87.9 Å². The third kappa shape index (κ3) is 2.87. The fraction of sp³-hybridized carbons (Fsp3) is 0.550. The monoisotopic (exact) mass is 384 g/mol. The fourth-order valence-corrected chi connectivity index (χ4v) is 4.80. The Balaban J connectivity index is 1.40. The highest BCUT2D eigenvalue weighted by atomic mass is 16.5. The molecule has 2 bridgehead atoms. The number of rotatable bonds is 3. The van der Waals surface area contributed by atoms with Crippen molar-refractivity contribution in [2.24, 2.45) is 5.92 Å². The van der Waals surface area contributed by atoms with E-state index in [-0.39, 0.29) is 24.5 Å². The van der Waals surface area contributed by atoms with E-state index in [1.807, 2.05) is 0 Å². The van der Waals surface area contributed by atoms with Crippen molar-refractivity contribution < 1.29 is 18.7 Å². The van der Waals surface area contributed by atoms with Crippen LogP contribution in [0.5, 0.6) is 0 Å². The Morgan fingerprint density at radius 2 is 2.11 bits per heavy atom. The molecule has 4 aliphatic heterocycles. The molecule has 8 heteroatoms. The summed E-state index contributed by atoms with van der Waals surface area (Å²) in [6.07, 6.45) is 5.37. The summed E-state index contributed by atoms with van der Waals surface area (Å²) in [5, 5.41) is 3.93. The molecule has 8 nitrogen and oxygen atoms in total. The maximum atomic E-state index is 12.9. The second kappa shape index (κ2) is 6.86. The molecule has 0 aromatic carbocycles. The number of carbonyl (C=O) groups is 2. The fourth-order valence-electron chi connectivity index (χ4n) is 4.80. The molecule has 4 saturated heterocycles. The lowest BCUT2D eigenvalue weighted by Crippen LogP contribution is -2.62. The summed E-state index contributed by atoms with van der Waals surface area (Å²) in [5.41, 5.74) is 1.57. The van der Waals surface area contributed by atoms with Crippen molar-refractivity contribution in [3.8, 4) is 0 Å². The summed E-state index contributed by atoms with van der Waals surface area (Å²) >= 11 is 0. The van der Waals surface area contributed by atoms with Crippen molar-refractivity contribution in [2.45, 2.75) is 31.8 Å². The Morgan fingerprint density at radius 3 is 2.86 bits per heavy atom. The van der Waals surface area contributed by atoms with E-state index in [4.69, 9.17) is 9.15 Å². The summed E-state index contributed by atoms with van der Waals surface area (Å²) in [4.78, 5) is 33.5. The molecule has 2 unspecified atom stereocenters. The van der Waals surface area contributed by atoms with Crippen molar-refractivity contribution >= 4 is 28.5 Å². The van der Waals surface area contributed by atoms with E-state index in [0.717, 1.165) is 31.3 Å². The number of anilines is 1. The summed E-state index contributed by atoms with van der Waals surface area (Å²) in [6, 6.07) is 2.21. The number of ether oxygens (including phenoxy) is 1. The van der Waals surface area contributed by atoms with Crippen molar-refractivity contribution in [1.82, 2.24) is 15.2 Å². The van der Waals surface area contributed by atoms with Gasteiger partial charge in [0.05, 0.1) is 18.5 Å². The Labute approximate surface area is 162 Å². The number of pyridine rings is 1. The number of morpholine rings is 1. The molecule has 1 N–H and O–H groups in total. The largest absolute Gasteiger partial charge is 0.460 e. The van der Waals surface area contributed by atoms with Gasteiger partial charge >= 0.3 is 0 Å². The first-order valence-corrected chi connectivity index (χ1v) is 9.92. The molecule has 6 heterocycles. The molecule has 2 atom stereocenters. The Hall–Kier alpha value is -2.45. The van der Waals surface area contributed by atoms with Gasteiger partial charge in [0, 0.05) is 24.0 Å². The summed E-state index contributed by atoms with van der Waals surface area (Å²) in [7, 11) is 0. The number of furan rings is 1. The van der Waals surface area contributed by atoms with E-state index in [9.17, 15) is 9.59 Å². The third-order valence-corrected chi connectivity index (χ3v) is 6.43. The lowest BCUT2D eigenvalue weighted by molar-refractivity contribution is -0.125. The molecule has 0 aliphatic carbocycles. The number of fused-ring (bicyclic) bond motifs is 4. The van der Waals surface area contributed by atoms with E-state index in [1.54, 1.807) is 23.4 Å². The SMILES string of the molecule is CC1C(NC(=O)c2cc3c(N4CCOCC4=O)coc3cn2)C2CCN1CC2. The maximum Gasteiger partial charge on any atom is 0.270 e. The molecule has 4 fully saturated rings. The number of nitrogens with one attached hydrogen (secondary N) is 1. The first kappa shape index (κ1) is 17.6. The maximum absolute atomic E-state index is 12.9. The van der Waals surface area contributed by atoms with E-state index in [0.29, 0.717) is 42.1 Å². The Kier molecular flexibility index (Phi) is 4.32. The number of hydrogen-bond acceptors (Lipinski definition) is 6. The highest BCUT2D eigenvalue weighted by molar-refractivity contribution is 6.05. The van der Waals surface area contributed by atoms with Crippen molar-refractivity contribution in [3.05, 3.63) is 24.2 Å². The number of aromatic nitrogens is 1. The standard InChI is InChI=1S/C20H24N4O4/c1-12-19(13-2-4-23(12)5-3-13)22-20(26)15-8-14-16(10-28-17(14)9-21-15)24-6-7-27-11-18(24)25/h8-10,12-13,19H,2-7,11H2,1H3,(H,22,26). The second-order valence-corrected chi connectivity index (χ2v) is 7.90. The normalized spacial score (nSPS) is 30.0. The lowest BCUT2D eigenvalue weighted by atomic mass is 9.79. The first-order chi connectivity index (χ1) is 13.6. The molecule has 2 aromatic rings. The number of carbonyl (C=O) groups excluding carboxylic acids is 2. The Morgan fingerprint density at radius 1 is 1.29 bits per heavy atom. The van der Waals surface area contributed by atoms with Gasteiger partial charge in [0.1, 0.15) is 18.6 Å². The van der Waals surface area contributed by atoms with Gasteiger partial charge in [-0.1, -0.05) is 0 Å². The minimum Gasteiger partial charge on any atom is -0.460 e. The van der Waals surface area contributed by atoms with Crippen molar-refractivity contribution in [2.75, 3.05) is 37.7 Å². The zero-order valence-corrected chi connectivity index (χ0v) is 15.9. The first-order valence-electron chi connectivity index (χ1n) is 9.92. The molecule has 28 heavy (non-hydrogen) atoms. The molecule has 0 saturated carbocycles. The molecular formula is C20H24N4O4. The van der Waals surface area contributed by atoms with E-state index in [1.165, 1.54) is 0 Å². The molecule has 6 rings (SSSR count). The molecule has 4 aliphatic rings. The highest BCUT2D eigenvalue weighted by Gasteiger charge is 2.40. The minimum atomic E-state index is -0.173. The van der Waals surface area contributed by atoms with Crippen molar-refractivity contribution in [3.63, 3.8) is 0 Å². The molecule has 0 spiro atoms. The van der Waals surface area contributed by atoms with E-state index >= 15 is 0 Å². The van der Waals surface area contributed by atoms with Gasteiger partial charge in [-0.2, -0.15) is 0 Å². The predicted molar refractivity (Wildman–Crippen MR) is 102 cm³/mol. The van der Waals surface area contributed by atoms with Crippen LogP contribution >= 0.6 is 0 Å². The summed E-state index contributed by atoms with van der Waals surface area (Å²) in [6.45, 7) is 5.43. The van der Waals surface area contributed by atoms with Crippen LogP contribution in [-0.4, -0.2) is 66.6 Å². The van der Waals surface area contributed by atoms with Gasteiger partial charge in [0.2, 0.25) is 0 Å². The molecule has 148 valence electrons. The van der Waals surface area contributed by atoms with Crippen molar-refractivity contribution in [1.29, 1.82) is 0 Å². The van der Waals surface area contributed by atoms with Crippen LogP contribution in [0, 0.1) is 5.92 Å². The van der Waals surface area contributed by atoms with Gasteiger partial charge in [-0.05, 0) is 44.8 Å². The molecular weight excluding hydrogens is 360 g/mol. The molecule has 0 radical (unpaired) electrons. The summed E-state index contributed by atoms with van der Waals surface area (Å²) in [5.74, 6) is 0.244. The van der Waals surface area contributed by atoms with Crippen LogP contribution in [0.15, 0.2) is 22.9 Å². The Bertz CT molecular complexity index is 916. The van der Waals surface area contributed by atoms with Gasteiger partial charge in [0.15, 0.2) is 5.58 Å². The van der Waals surface area contributed by atoms with Crippen LogP contribution in [0.25, 0.3) is 11.0 Å². The zero-order chi connectivity index (χ0) is 19.3. The van der Waals surface area contributed by atoms with Gasteiger partial charge < -0.3 is 19.4 Å². The van der Waals surface area contributed by atoms with Gasteiger partial charge in [0.25, 0.3) is 11.8 Å². The van der Waals surface area contributed by atoms with E-state index in [2.05, 4.69) is 22.1 Å². The predicted octanol–water partition coefficient (Wildman–Crippen LogP) is 1.40. The van der Waals surface area contributed by atoms with Crippen LogP contribution < -0.4 is 10.2 Å². The van der Waals surface area contributed by atoms with Crippen LogP contribution in [0.4, 0.5) is 5.69 Å². The van der Waals surface area contributed by atoms with Gasteiger partial charge in [-0.15, -0.1) is 0 Å². The minimum absolute atomic E-state index is 0.0581. The third-order valence-electron chi connectivity index (χ3n) is 6.43. The molecule has 2 amide bonds. The highest BCUT2D eigenvalue weighted by Crippen LogP contribution is 2.33. The lowest BCUT2D eigenvalue weighted by Gasteiger charge is -2.49. The average Bonchev–Trinajstić information content (AvgIpc) is 3.14. The number of piperidine rings is 3. The zero-order valence-electron chi connectivity index (χ0n) is 15.9. The summed E-state index contributed by atoms with van der Waals surface area (Å²) < 4.78 is 10.8. The second-order valence-electron chi connectivity index (χ2n) is 7.90. The average molecular weight is 384 g/mol. The van der Waals surface area contributed by atoms with Crippen LogP contribution in [0.3, 0.4) is 0 Å². The molecule has 2 aromatic heterocycles. The van der Waals surface area contributed by atoms with Gasteiger partial charge in [-0.25, -0.2) is 4.98 Å². The quantitative estimate of drug-likeness (QED) is 0.861. The van der Waals surface area contributed by atoms with Gasteiger partial charge in [-0.3, -0.25) is 14.5 Å².